The van der Waals surface area contributed by atoms with Crippen LogP contribution in [0.4, 0.5) is 4.79 Å². The summed E-state index contributed by atoms with van der Waals surface area (Å²) >= 11 is 0. The van der Waals surface area contributed by atoms with Gasteiger partial charge >= 0.3 is 12.1 Å². The molecule has 0 saturated heterocycles. The third-order valence-corrected chi connectivity index (χ3v) is 9.62. The van der Waals surface area contributed by atoms with E-state index in [1.807, 2.05) is 60.7 Å². The zero-order valence-corrected chi connectivity index (χ0v) is 37.4. The lowest BCUT2D eigenvalue weighted by Gasteiger charge is -2.27. The molecule has 4 aromatic carbocycles. The highest BCUT2D eigenvalue weighted by Crippen LogP contribution is 2.17. The van der Waals surface area contributed by atoms with Gasteiger partial charge in [0.15, 0.2) is 12.4 Å². The number of esters is 1. The molecule has 4 rings (SSSR count). The molecule has 0 unspecified atom stereocenters. The number of hydrogen-bond donors (Lipinski definition) is 5. The first kappa shape index (κ1) is 50.6. The lowest BCUT2D eigenvalue weighted by molar-refractivity contribution is -0.148. The van der Waals surface area contributed by atoms with Crippen molar-refractivity contribution in [3.05, 3.63) is 138 Å². The molecule has 0 aliphatic rings. The molecule has 0 radical (unpaired) electrons. The van der Waals surface area contributed by atoms with Crippen LogP contribution in [0.25, 0.3) is 0 Å². The van der Waals surface area contributed by atoms with E-state index in [4.69, 9.17) is 24.7 Å². The maximum absolute atomic E-state index is 14.2. The summed E-state index contributed by atoms with van der Waals surface area (Å²) in [5.41, 5.74) is 7.26. The van der Waals surface area contributed by atoms with Gasteiger partial charge in [-0.2, -0.15) is 0 Å². The fourth-order valence-electron chi connectivity index (χ4n) is 6.19. The Morgan fingerprint density at radius 1 is 0.615 bits per heavy atom. The molecule has 0 aliphatic carbocycles. The fourth-order valence-corrected chi connectivity index (χ4v) is 6.19. The second-order valence-electron chi connectivity index (χ2n) is 16.6. The Labute approximate surface area is 379 Å². The second kappa shape index (κ2) is 25.3. The van der Waals surface area contributed by atoms with Crippen LogP contribution in [-0.4, -0.2) is 84.5 Å². The molecule has 6 N–H and O–H groups in total. The van der Waals surface area contributed by atoms with Crippen LogP contribution in [0.3, 0.4) is 0 Å². The van der Waals surface area contributed by atoms with Crippen molar-refractivity contribution in [2.75, 3.05) is 13.2 Å². The van der Waals surface area contributed by atoms with Crippen LogP contribution >= 0.6 is 0 Å². The Morgan fingerprint density at radius 2 is 1.15 bits per heavy atom. The Kier molecular flexibility index (Phi) is 19.7. The zero-order valence-electron chi connectivity index (χ0n) is 37.4. The van der Waals surface area contributed by atoms with Crippen LogP contribution in [0, 0.1) is 5.92 Å². The number of benzene rings is 4. The average molecular weight is 894 g/mol. The normalized spacial score (nSPS) is 13.0. The Hall–Kier alpha value is -7.07. The molecule has 4 aromatic rings. The van der Waals surface area contributed by atoms with Crippen LogP contribution < -0.4 is 31.7 Å². The summed E-state index contributed by atoms with van der Waals surface area (Å²) in [4.78, 5) is 93.1. The number of ketones is 1. The van der Waals surface area contributed by atoms with Crippen LogP contribution in [0.2, 0.25) is 0 Å². The first-order valence-electron chi connectivity index (χ1n) is 21.3. The van der Waals surface area contributed by atoms with E-state index in [0.29, 0.717) is 23.5 Å². The topological polar surface area (TPSA) is 231 Å². The van der Waals surface area contributed by atoms with Gasteiger partial charge < -0.3 is 45.9 Å². The van der Waals surface area contributed by atoms with Gasteiger partial charge in [-0.05, 0) is 61.9 Å². The highest BCUT2D eigenvalue weighted by atomic mass is 16.6. The monoisotopic (exact) mass is 893 g/mol. The third kappa shape index (κ3) is 18.3. The Balaban J connectivity index is 1.54. The molecule has 16 heteroatoms. The SMILES string of the molecule is CC(C)[C@H](NC(=O)[C@H](CCC(N)=O)NC(=O)[C@H](COCc1ccccc1)NC(=O)[C@H](Cc1ccc(OCc2ccccc2)cc1)NC(=O)OC(C)(C)C)C(=O)OCC(=O)c1ccccc1. The van der Waals surface area contributed by atoms with Crippen molar-refractivity contribution in [2.24, 2.45) is 11.7 Å². The number of nitrogens with two attached hydrogens (primary N) is 1. The highest BCUT2D eigenvalue weighted by Gasteiger charge is 2.34. The number of carbonyl (C=O) groups is 7. The summed E-state index contributed by atoms with van der Waals surface area (Å²) in [5, 5.41) is 10.4. The van der Waals surface area contributed by atoms with Crippen LogP contribution in [0.1, 0.15) is 74.5 Å². The van der Waals surface area contributed by atoms with Gasteiger partial charge in [-0.25, -0.2) is 9.59 Å². The van der Waals surface area contributed by atoms with Crippen molar-refractivity contribution in [2.45, 2.75) is 96.9 Å². The minimum Gasteiger partial charge on any atom is -0.489 e. The number of ether oxygens (including phenoxy) is 4. The van der Waals surface area contributed by atoms with Crippen molar-refractivity contribution in [1.82, 2.24) is 21.3 Å². The third-order valence-electron chi connectivity index (χ3n) is 9.62. The molecule has 0 heterocycles. The molecular formula is C49H59N5O11. The number of rotatable bonds is 24. The summed E-state index contributed by atoms with van der Waals surface area (Å²) < 4.78 is 22.6. The molecule has 0 aliphatic heterocycles. The van der Waals surface area contributed by atoms with E-state index in [0.717, 1.165) is 11.1 Å². The summed E-state index contributed by atoms with van der Waals surface area (Å²) in [6.07, 6.45) is -1.53. The minimum absolute atomic E-state index is 0.0312. The molecule has 0 fully saturated rings. The van der Waals surface area contributed by atoms with Crippen molar-refractivity contribution < 1.29 is 52.5 Å². The molecule has 0 saturated carbocycles. The fraction of sp³-hybridized carbons (Fsp3) is 0.367. The maximum Gasteiger partial charge on any atom is 0.408 e. The number of alkyl carbamates (subject to hydrolysis) is 1. The summed E-state index contributed by atoms with van der Waals surface area (Å²) in [6.45, 7) is 7.73. The van der Waals surface area contributed by atoms with E-state index in [1.54, 1.807) is 89.2 Å². The Bertz CT molecular complexity index is 2180. The second-order valence-corrected chi connectivity index (χ2v) is 16.6. The zero-order chi connectivity index (χ0) is 47.4. The number of Topliss-reactive ketones (excluding diaryl/α,β-unsaturated/α-hetero) is 1. The van der Waals surface area contributed by atoms with Crippen molar-refractivity contribution in [1.29, 1.82) is 0 Å². The van der Waals surface area contributed by atoms with E-state index in [2.05, 4.69) is 21.3 Å². The predicted molar refractivity (Wildman–Crippen MR) is 241 cm³/mol. The quantitative estimate of drug-likeness (QED) is 0.0477. The van der Waals surface area contributed by atoms with Crippen LogP contribution in [-0.2, 0) is 57.8 Å². The van der Waals surface area contributed by atoms with Gasteiger partial charge in [0.25, 0.3) is 0 Å². The largest absolute Gasteiger partial charge is 0.489 e. The summed E-state index contributed by atoms with van der Waals surface area (Å²) in [5.74, 6) is -4.59. The molecule has 4 atom stereocenters. The summed E-state index contributed by atoms with van der Waals surface area (Å²) in [7, 11) is 0. The van der Waals surface area contributed by atoms with E-state index >= 15 is 0 Å². The van der Waals surface area contributed by atoms with Gasteiger partial charge in [-0.3, -0.25) is 24.0 Å². The molecule has 5 amide bonds. The number of hydrogen-bond acceptors (Lipinski definition) is 11. The molecule has 65 heavy (non-hydrogen) atoms. The highest BCUT2D eigenvalue weighted by molar-refractivity contribution is 5.99. The van der Waals surface area contributed by atoms with Crippen molar-refractivity contribution >= 4 is 41.5 Å². The van der Waals surface area contributed by atoms with Crippen LogP contribution in [0.15, 0.2) is 115 Å². The standard InChI is InChI=1S/C49H59N5O11/c1-32(2)43(47(60)64-31-41(55)36-19-13-8-14-20-36)54-44(57)38(25-26-42(50)56)51-46(59)40(30-62-28-34-15-9-6-10-16-34)52-45(58)39(53-48(61)65-49(3,4)5)27-33-21-23-37(24-22-33)63-29-35-17-11-7-12-18-35/h6-24,32,38-40,43H,25-31H2,1-5H3,(H2,50,56)(H,51,59)(H,52,58)(H,53,61)(H,54,57)/t38-,39-,40-,43-/m0/s1. The smallest absolute Gasteiger partial charge is 0.408 e. The average Bonchev–Trinajstić information content (AvgIpc) is 3.27. The van der Waals surface area contributed by atoms with Crippen LogP contribution in [0.5, 0.6) is 5.75 Å². The maximum atomic E-state index is 14.2. The van der Waals surface area contributed by atoms with E-state index in [9.17, 15) is 33.6 Å². The van der Waals surface area contributed by atoms with E-state index < -0.39 is 83.8 Å². The Morgan fingerprint density at radius 3 is 1.72 bits per heavy atom. The first-order valence-corrected chi connectivity index (χ1v) is 21.3. The van der Waals surface area contributed by atoms with E-state index in [1.165, 1.54) is 0 Å². The van der Waals surface area contributed by atoms with Gasteiger partial charge in [-0.1, -0.05) is 117 Å². The molecule has 346 valence electrons. The number of amides is 5. The number of carbonyl (C=O) groups excluding carboxylic acids is 7. The molecule has 0 spiro atoms. The van der Waals surface area contributed by atoms with E-state index in [-0.39, 0.29) is 32.5 Å². The predicted octanol–water partition coefficient (Wildman–Crippen LogP) is 4.72. The van der Waals surface area contributed by atoms with Crippen molar-refractivity contribution in [3.63, 3.8) is 0 Å². The minimum atomic E-state index is -1.46. The first-order chi connectivity index (χ1) is 31.0. The lowest BCUT2D eigenvalue weighted by atomic mass is 10.0. The molecule has 0 aromatic heterocycles. The molecule has 0 bridgehead atoms. The van der Waals surface area contributed by atoms with Gasteiger partial charge in [0, 0.05) is 18.4 Å². The molecular weight excluding hydrogens is 835 g/mol. The van der Waals surface area contributed by atoms with Gasteiger partial charge in [-0.15, -0.1) is 0 Å². The molecule has 16 nitrogen and oxygen atoms in total. The lowest BCUT2D eigenvalue weighted by Crippen LogP contribution is -2.59. The summed E-state index contributed by atoms with van der Waals surface area (Å²) in [6, 6.07) is 28.4. The number of primary amides is 1. The number of nitrogens with one attached hydrogen (secondary N) is 4. The van der Waals surface area contributed by atoms with Gasteiger partial charge in [0.05, 0.1) is 13.2 Å². The van der Waals surface area contributed by atoms with Crippen molar-refractivity contribution in [3.8, 4) is 5.75 Å². The van der Waals surface area contributed by atoms with Gasteiger partial charge in [0.2, 0.25) is 23.6 Å². The van der Waals surface area contributed by atoms with Gasteiger partial charge in [0.1, 0.15) is 42.1 Å².